The van der Waals surface area contributed by atoms with E-state index in [1.807, 2.05) is 13.8 Å². The van der Waals surface area contributed by atoms with Crippen molar-refractivity contribution >= 4 is 11.9 Å². The van der Waals surface area contributed by atoms with Crippen LogP contribution in [0.2, 0.25) is 0 Å². The van der Waals surface area contributed by atoms with Gasteiger partial charge in [0.2, 0.25) is 0 Å². The summed E-state index contributed by atoms with van der Waals surface area (Å²) >= 11 is 0. The molecule has 0 aromatic carbocycles. The first-order chi connectivity index (χ1) is 8.78. The predicted molar refractivity (Wildman–Crippen MR) is 69.7 cm³/mol. The molecule has 2 heterocycles. The van der Waals surface area contributed by atoms with Crippen molar-refractivity contribution < 1.29 is 19.4 Å². The van der Waals surface area contributed by atoms with Crippen LogP contribution >= 0.6 is 0 Å². The summed E-state index contributed by atoms with van der Waals surface area (Å²) in [6.45, 7) is 6.71. The topological polar surface area (TPSA) is 66.8 Å². The van der Waals surface area contributed by atoms with Gasteiger partial charge in [-0.3, -0.25) is 4.79 Å². The first-order valence-electron chi connectivity index (χ1n) is 6.96. The van der Waals surface area contributed by atoms with Crippen molar-refractivity contribution in [2.24, 2.45) is 5.41 Å². The van der Waals surface area contributed by atoms with Crippen LogP contribution in [0.15, 0.2) is 0 Å². The molecule has 0 radical (unpaired) electrons. The van der Waals surface area contributed by atoms with Crippen molar-refractivity contribution in [2.75, 3.05) is 13.2 Å². The SMILES string of the molecule is CC1(C(=O)N2CCCC(C)(C)C2C(=O)O)CCCO1. The maximum absolute atomic E-state index is 12.7. The van der Waals surface area contributed by atoms with Crippen molar-refractivity contribution in [3.05, 3.63) is 0 Å². The second-order valence-corrected chi connectivity index (χ2v) is 6.51. The number of amides is 1. The summed E-state index contributed by atoms with van der Waals surface area (Å²) in [5.74, 6) is -1.08. The van der Waals surface area contributed by atoms with Crippen molar-refractivity contribution in [1.29, 1.82) is 0 Å². The first kappa shape index (κ1) is 14.3. The fourth-order valence-electron chi connectivity index (χ4n) is 3.33. The summed E-state index contributed by atoms with van der Waals surface area (Å²) in [6.07, 6.45) is 3.20. The summed E-state index contributed by atoms with van der Waals surface area (Å²) in [5.41, 5.74) is -1.23. The molecule has 5 heteroatoms. The molecule has 5 nitrogen and oxygen atoms in total. The molecule has 2 saturated heterocycles. The molecule has 108 valence electrons. The number of rotatable bonds is 2. The molecule has 2 aliphatic heterocycles. The molecule has 0 aromatic heterocycles. The van der Waals surface area contributed by atoms with Crippen LogP contribution < -0.4 is 0 Å². The Bertz CT molecular complexity index is 385. The zero-order valence-electron chi connectivity index (χ0n) is 11.9. The van der Waals surface area contributed by atoms with Gasteiger partial charge in [-0.05, 0) is 38.0 Å². The Hall–Kier alpha value is -1.10. The van der Waals surface area contributed by atoms with Crippen LogP contribution in [0.25, 0.3) is 0 Å². The van der Waals surface area contributed by atoms with Crippen LogP contribution in [-0.2, 0) is 14.3 Å². The van der Waals surface area contributed by atoms with E-state index in [2.05, 4.69) is 0 Å². The highest BCUT2D eigenvalue weighted by Gasteiger charge is 2.49. The molecule has 2 unspecified atom stereocenters. The number of likely N-dealkylation sites (tertiary alicyclic amines) is 1. The lowest BCUT2D eigenvalue weighted by Crippen LogP contribution is -2.60. The van der Waals surface area contributed by atoms with Gasteiger partial charge in [-0.2, -0.15) is 0 Å². The van der Waals surface area contributed by atoms with E-state index >= 15 is 0 Å². The molecule has 19 heavy (non-hydrogen) atoms. The number of carbonyl (C=O) groups excluding carboxylic acids is 1. The lowest BCUT2D eigenvalue weighted by Gasteiger charge is -2.46. The minimum atomic E-state index is -0.917. The number of aliphatic carboxylic acids is 1. The van der Waals surface area contributed by atoms with Crippen LogP contribution in [0.1, 0.15) is 46.5 Å². The van der Waals surface area contributed by atoms with Crippen molar-refractivity contribution in [1.82, 2.24) is 4.90 Å². The number of carboxylic acid groups (broad SMARTS) is 1. The highest BCUT2D eigenvalue weighted by Crippen LogP contribution is 2.38. The quantitative estimate of drug-likeness (QED) is 0.828. The van der Waals surface area contributed by atoms with Crippen molar-refractivity contribution in [3.8, 4) is 0 Å². The van der Waals surface area contributed by atoms with Gasteiger partial charge >= 0.3 is 5.97 Å². The molecule has 1 amide bonds. The third-order valence-corrected chi connectivity index (χ3v) is 4.44. The smallest absolute Gasteiger partial charge is 0.326 e. The lowest BCUT2D eigenvalue weighted by molar-refractivity contribution is -0.169. The molecule has 0 spiro atoms. The van der Waals surface area contributed by atoms with Crippen molar-refractivity contribution in [2.45, 2.75) is 58.1 Å². The summed E-state index contributed by atoms with van der Waals surface area (Å²) < 4.78 is 5.57. The highest BCUT2D eigenvalue weighted by molar-refractivity contribution is 5.90. The molecule has 0 aromatic rings. The van der Waals surface area contributed by atoms with E-state index in [1.54, 1.807) is 6.92 Å². The number of ether oxygens (including phenoxy) is 1. The lowest BCUT2D eigenvalue weighted by atomic mass is 9.75. The van der Waals surface area contributed by atoms with Gasteiger partial charge in [0.05, 0.1) is 0 Å². The van der Waals surface area contributed by atoms with E-state index in [0.717, 1.165) is 19.3 Å². The maximum atomic E-state index is 12.7. The Morgan fingerprint density at radius 1 is 1.21 bits per heavy atom. The largest absolute Gasteiger partial charge is 0.480 e. The molecule has 2 atom stereocenters. The summed E-state index contributed by atoms with van der Waals surface area (Å²) in [6, 6.07) is -0.755. The van der Waals surface area contributed by atoms with Gasteiger partial charge in [-0.25, -0.2) is 4.79 Å². The molecule has 2 rings (SSSR count). The Labute approximate surface area is 113 Å². The van der Waals surface area contributed by atoms with E-state index in [9.17, 15) is 14.7 Å². The molecular weight excluding hydrogens is 246 g/mol. The summed E-state index contributed by atoms with van der Waals surface area (Å²) in [7, 11) is 0. The average molecular weight is 269 g/mol. The minimum Gasteiger partial charge on any atom is -0.480 e. The van der Waals surface area contributed by atoms with E-state index < -0.39 is 23.0 Å². The second-order valence-electron chi connectivity index (χ2n) is 6.51. The zero-order chi connectivity index (χ0) is 14.3. The molecule has 0 bridgehead atoms. The third-order valence-electron chi connectivity index (χ3n) is 4.44. The number of hydrogen-bond donors (Lipinski definition) is 1. The summed E-state index contributed by atoms with van der Waals surface area (Å²) in [5, 5.41) is 9.49. The van der Waals surface area contributed by atoms with Crippen LogP contribution in [0.4, 0.5) is 0 Å². The third kappa shape index (κ3) is 2.48. The number of carbonyl (C=O) groups is 2. The highest BCUT2D eigenvalue weighted by atomic mass is 16.5. The normalized spacial score (nSPS) is 34.3. The van der Waals surface area contributed by atoms with E-state index in [-0.39, 0.29) is 5.91 Å². The monoisotopic (exact) mass is 269 g/mol. The van der Waals surface area contributed by atoms with E-state index in [1.165, 1.54) is 4.90 Å². The van der Waals surface area contributed by atoms with Gasteiger partial charge in [0.25, 0.3) is 5.91 Å². The van der Waals surface area contributed by atoms with Gasteiger partial charge in [-0.15, -0.1) is 0 Å². The minimum absolute atomic E-state index is 0.162. The van der Waals surface area contributed by atoms with Gasteiger partial charge < -0.3 is 14.7 Å². The molecule has 1 N–H and O–H groups in total. The fourth-order valence-corrected chi connectivity index (χ4v) is 3.33. The Kier molecular flexibility index (Phi) is 3.60. The van der Waals surface area contributed by atoms with Crippen molar-refractivity contribution in [3.63, 3.8) is 0 Å². The average Bonchev–Trinajstić information content (AvgIpc) is 2.74. The van der Waals surface area contributed by atoms with Gasteiger partial charge in [0.1, 0.15) is 11.6 Å². The van der Waals surface area contributed by atoms with Gasteiger partial charge in [-0.1, -0.05) is 13.8 Å². The molecule has 0 aliphatic carbocycles. The molecular formula is C14H23NO4. The Morgan fingerprint density at radius 2 is 1.89 bits per heavy atom. The fraction of sp³-hybridized carbons (Fsp3) is 0.857. The van der Waals surface area contributed by atoms with Crippen LogP contribution in [0.5, 0.6) is 0 Å². The standard InChI is InChI=1S/C14H23NO4/c1-13(2)6-4-8-15(10(13)11(16)17)12(18)14(3)7-5-9-19-14/h10H,4-9H2,1-3H3,(H,16,17). The predicted octanol–water partition coefficient (Wildman–Crippen LogP) is 1.66. The van der Waals surface area contributed by atoms with Crippen LogP contribution in [0, 0.1) is 5.41 Å². The van der Waals surface area contributed by atoms with E-state index in [0.29, 0.717) is 19.6 Å². The summed E-state index contributed by atoms with van der Waals surface area (Å²) in [4.78, 5) is 25.8. The number of nitrogens with zero attached hydrogens (tertiary/aromatic N) is 1. The van der Waals surface area contributed by atoms with Gasteiger partial charge in [0, 0.05) is 13.2 Å². The Balaban J connectivity index is 2.26. The second kappa shape index (κ2) is 4.78. The number of hydrogen-bond acceptors (Lipinski definition) is 3. The Morgan fingerprint density at radius 3 is 2.42 bits per heavy atom. The number of piperidine rings is 1. The molecule has 2 fully saturated rings. The van der Waals surface area contributed by atoms with E-state index in [4.69, 9.17) is 4.74 Å². The maximum Gasteiger partial charge on any atom is 0.326 e. The van der Waals surface area contributed by atoms with Gasteiger partial charge in [0.15, 0.2) is 0 Å². The molecule has 0 saturated carbocycles. The zero-order valence-corrected chi connectivity index (χ0v) is 11.9. The number of carboxylic acids is 1. The van der Waals surface area contributed by atoms with Crippen LogP contribution in [0.3, 0.4) is 0 Å². The van der Waals surface area contributed by atoms with Crippen LogP contribution in [-0.4, -0.2) is 46.7 Å². The first-order valence-corrected chi connectivity index (χ1v) is 6.96. The molecule has 2 aliphatic rings.